The average molecular weight is 794 g/mol. The Labute approximate surface area is 337 Å². The van der Waals surface area contributed by atoms with Crippen LogP contribution in [0.25, 0.3) is 0 Å². The smallest absolute Gasteiger partial charge is 0.343 e. The van der Waals surface area contributed by atoms with Gasteiger partial charge in [0.05, 0.1) is 23.2 Å². The molecule has 0 aromatic heterocycles. The fourth-order valence-corrected chi connectivity index (χ4v) is 7.29. The molecular formula is C46H35NO12. The van der Waals surface area contributed by atoms with Crippen LogP contribution < -0.4 is 14.2 Å². The van der Waals surface area contributed by atoms with Crippen LogP contribution in [0.2, 0.25) is 0 Å². The van der Waals surface area contributed by atoms with E-state index in [4.69, 9.17) is 18.9 Å². The summed E-state index contributed by atoms with van der Waals surface area (Å²) < 4.78 is 24.7. The summed E-state index contributed by atoms with van der Waals surface area (Å²) in [5.74, 6) is -5.44. The van der Waals surface area contributed by atoms with Crippen LogP contribution in [0.1, 0.15) is 114 Å². The van der Waals surface area contributed by atoms with Crippen molar-refractivity contribution in [1.82, 2.24) is 0 Å². The van der Waals surface area contributed by atoms with Crippen LogP contribution in [0, 0.1) is 4.91 Å². The standard InChI is InChI=1S/C46H35NO12/c1-26(48)16-20-34(50)39-36(56-43(52)29-10-5-3-6-11-29)22-18-32-41(39)58-42-33(46(32)31-15-9-14-28(24-25-47-55)38(31)45(54)59-46)19-23-37(40(42)35(51)21-17-27(2)49)57-44(53)30-12-7-4-8-13-30/h3-15,18-19,22-23H,16-17,20-21,24-25H2,1-2H3. The van der Waals surface area contributed by atoms with E-state index in [1.807, 2.05) is 0 Å². The van der Waals surface area contributed by atoms with Crippen molar-refractivity contribution in [2.24, 2.45) is 5.18 Å². The summed E-state index contributed by atoms with van der Waals surface area (Å²) in [5, 5.41) is 2.96. The van der Waals surface area contributed by atoms with Gasteiger partial charge in [-0.1, -0.05) is 59.8 Å². The summed E-state index contributed by atoms with van der Waals surface area (Å²) in [4.78, 5) is 105. The van der Waals surface area contributed by atoms with E-state index >= 15 is 0 Å². The second-order valence-electron chi connectivity index (χ2n) is 14.0. The maximum Gasteiger partial charge on any atom is 0.343 e. The van der Waals surface area contributed by atoms with Crippen LogP contribution in [0.5, 0.6) is 23.0 Å². The Kier molecular flexibility index (Phi) is 11.2. The number of nitroso groups, excluding NO2 is 1. The van der Waals surface area contributed by atoms with Crippen LogP contribution >= 0.6 is 0 Å². The molecule has 59 heavy (non-hydrogen) atoms. The number of esters is 3. The summed E-state index contributed by atoms with van der Waals surface area (Å²) in [6.07, 6.45) is -0.972. The van der Waals surface area contributed by atoms with Crippen molar-refractivity contribution < 1.29 is 52.5 Å². The van der Waals surface area contributed by atoms with Gasteiger partial charge in [-0.05, 0) is 74.4 Å². The Hall–Kier alpha value is -7.41. The van der Waals surface area contributed by atoms with Gasteiger partial charge in [0, 0.05) is 42.4 Å². The predicted molar refractivity (Wildman–Crippen MR) is 210 cm³/mol. The molecule has 296 valence electrons. The van der Waals surface area contributed by atoms with E-state index in [2.05, 4.69) is 5.18 Å². The molecule has 13 heteroatoms. The number of fused-ring (bicyclic) bond motifs is 6. The highest BCUT2D eigenvalue weighted by molar-refractivity contribution is 6.08. The zero-order valence-corrected chi connectivity index (χ0v) is 31.9. The first-order valence-electron chi connectivity index (χ1n) is 18.7. The lowest BCUT2D eigenvalue weighted by atomic mass is 9.75. The minimum Gasteiger partial charge on any atom is -0.455 e. The molecule has 0 saturated carbocycles. The highest BCUT2D eigenvalue weighted by atomic mass is 16.6. The normalized spacial score (nSPS) is 12.9. The Morgan fingerprint density at radius 3 is 1.54 bits per heavy atom. The fraction of sp³-hybridized carbons (Fsp3) is 0.196. The molecule has 0 fully saturated rings. The molecule has 2 aliphatic rings. The van der Waals surface area contributed by atoms with Gasteiger partial charge in [0.25, 0.3) is 0 Å². The van der Waals surface area contributed by atoms with Crippen molar-refractivity contribution in [3.63, 3.8) is 0 Å². The molecule has 1 spiro atoms. The molecule has 13 nitrogen and oxygen atoms in total. The maximum atomic E-state index is 14.4. The number of nitrogens with zero attached hydrogens (tertiary/aromatic N) is 1. The quantitative estimate of drug-likeness (QED) is 0.0430. The number of carbonyl (C=O) groups excluding carboxylic acids is 7. The number of Topliss-reactive ketones (excluding diaryl/α,β-unsaturated/α-hetero) is 4. The van der Waals surface area contributed by atoms with E-state index in [0.29, 0.717) is 5.56 Å². The number of benzene rings is 5. The zero-order valence-electron chi connectivity index (χ0n) is 31.9. The molecule has 5 aromatic rings. The van der Waals surface area contributed by atoms with Crippen molar-refractivity contribution in [3.8, 4) is 23.0 Å². The van der Waals surface area contributed by atoms with Gasteiger partial charge in [-0.15, -0.1) is 0 Å². The molecule has 0 bridgehead atoms. The van der Waals surface area contributed by atoms with Gasteiger partial charge in [0.15, 0.2) is 17.2 Å². The summed E-state index contributed by atoms with van der Waals surface area (Å²) in [6.45, 7) is 2.48. The minimum absolute atomic E-state index is 0.0837. The SMILES string of the molecule is CC(=O)CCC(=O)c1c(OC(=O)c2ccccc2)ccc2c1Oc1c(ccc(OC(=O)c3ccccc3)c1C(=O)CCC(C)=O)C21OC(=O)c2c(CCN=O)cccc21. The third-order valence-electron chi connectivity index (χ3n) is 10.0. The fourth-order valence-electron chi connectivity index (χ4n) is 7.29. The highest BCUT2D eigenvalue weighted by Crippen LogP contribution is 2.60. The Bertz CT molecular complexity index is 2440. The molecule has 7 rings (SSSR count). The molecule has 0 unspecified atom stereocenters. The second-order valence-corrected chi connectivity index (χ2v) is 14.0. The van der Waals surface area contributed by atoms with Gasteiger partial charge in [-0.3, -0.25) is 9.59 Å². The second kappa shape index (κ2) is 16.6. The monoisotopic (exact) mass is 793 g/mol. The first-order chi connectivity index (χ1) is 28.4. The first kappa shape index (κ1) is 39.8. The van der Waals surface area contributed by atoms with Crippen LogP contribution in [0.3, 0.4) is 0 Å². The van der Waals surface area contributed by atoms with Crippen LogP contribution in [0.4, 0.5) is 0 Å². The van der Waals surface area contributed by atoms with Gasteiger partial charge in [0.1, 0.15) is 45.7 Å². The van der Waals surface area contributed by atoms with E-state index in [9.17, 15) is 38.5 Å². The highest BCUT2D eigenvalue weighted by Gasteiger charge is 2.56. The van der Waals surface area contributed by atoms with Crippen LogP contribution in [-0.2, 0) is 26.3 Å². The van der Waals surface area contributed by atoms with Gasteiger partial charge >= 0.3 is 17.9 Å². The van der Waals surface area contributed by atoms with E-state index in [1.165, 1.54) is 62.4 Å². The predicted octanol–water partition coefficient (Wildman–Crippen LogP) is 8.11. The summed E-state index contributed by atoms with van der Waals surface area (Å²) >= 11 is 0. The number of hydrogen-bond donors (Lipinski definition) is 0. The largest absolute Gasteiger partial charge is 0.455 e. The minimum atomic E-state index is -1.95. The third-order valence-corrected chi connectivity index (χ3v) is 10.0. The lowest BCUT2D eigenvalue weighted by molar-refractivity contribution is -0.117. The van der Waals surface area contributed by atoms with Crippen LogP contribution in [0.15, 0.2) is 108 Å². The van der Waals surface area contributed by atoms with E-state index in [-0.39, 0.29) is 118 Å². The van der Waals surface area contributed by atoms with Crippen LogP contribution in [-0.4, -0.2) is 47.6 Å². The molecule has 2 aliphatic heterocycles. The van der Waals surface area contributed by atoms with E-state index < -0.39 is 35.1 Å². The van der Waals surface area contributed by atoms with E-state index in [0.717, 1.165) is 0 Å². The number of hydrogen-bond acceptors (Lipinski definition) is 13. The van der Waals surface area contributed by atoms with Gasteiger partial charge < -0.3 is 28.5 Å². The average Bonchev–Trinajstić information content (AvgIpc) is 3.53. The molecule has 0 amide bonds. The van der Waals surface area contributed by atoms with Gasteiger partial charge in [-0.2, -0.15) is 4.91 Å². The third kappa shape index (κ3) is 7.57. The van der Waals surface area contributed by atoms with Crippen molar-refractivity contribution in [3.05, 3.63) is 158 Å². The van der Waals surface area contributed by atoms with Gasteiger partial charge in [0.2, 0.25) is 0 Å². The van der Waals surface area contributed by atoms with Crippen molar-refractivity contribution in [2.75, 3.05) is 6.54 Å². The lowest BCUT2D eigenvalue weighted by Crippen LogP contribution is -2.34. The first-order valence-corrected chi connectivity index (χ1v) is 18.7. The molecule has 2 heterocycles. The number of carbonyl (C=O) groups is 7. The van der Waals surface area contributed by atoms with Crippen molar-refractivity contribution in [2.45, 2.75) is 51.6 Å². The molecule has 0 aliphatic carbocycles. The van der Waals surface area contributed by atoms with E-state index in [1.54, 1.807) is 54.6 Å². The number of rotatable bonds is 15. The molecule has 0 saturated heterocycles. The number of ketones is 4. The topological polar surface area (TPSA) is 186 Å². The molecule has 5 aromatic carbocycles. The number of ether oxygens (including phenoxy) is 4. The Morgan fingerprint density at radius 2 is 1.08 bits per heavy atom. The Morgan fingerprint density at radius 1 is 0.593 bits per heavy atom. The Balaban J connectivity index is 1.53. The molecular weight excluding hydrogens is 759 g/mol. The van der Waals surface area contributed by atoms with Gasteiger partial charge in [-0.25, -0.2) is 14.4 Å². The molecule has 0 N–H and O–H groups in total. The summed E-state index contributed by atoms with van der Waals surface area (Å²) in [5.41, 5.74) is -1.19. The summed E-state index contributed by atoms with van der Waals surface area (Å²) in [6, 6.07) is 26.6. The van der Waals surface area contributed by atoms with Crippen molar-refractivity contribution >= 4 is 41.0 Å². The summed E-state index contributed by atoms with van der Waals surface area (Å²) in [7, 11) is 0. The lowest BCUT2D eigenvalue weighted by Gasteiger charge is -2.38. The maximum absolute atomic E-state index is 14.4. The molecule has 0 atom stereocenters. The zero-order chi connectivity index (χ0) is 41.8. The molecule has 0 radical (unpaired) electrons. The van der Waals surface area contributed by atoms with Crippen molar-refractivity contribution in [1.29, 1.82) is 0 Å².